The molecule has 1 spiro atoms. The SMILES string of the molecule is CC(C)(C)N=C1Nc2ccccc2CN[C@]12CCN(C(=O)c1ccsc1)C2. The molecule has 0 radical (unpaired) electrons. The molecular formula is C21H26N4OS. The molecule has 4 rings (SSSR count). The van der Waals surface area contributed by atoms with E-state index in [2.05, 4.69) is 49.6 Å². The Morgan fingerprint density at radius 2 is 2.07 bits per heavy atom. The quantitative estimate of drug-likeness (QED) is 0.790. The third-order valence-electron chi connectivity index (χ3n) is 5.11. The van der Waals surface area contributed by atoms with Crippen LogP contribution in [0.2, 0.25) is 0 Å². The third kappa shape index (κ3) is 3.64. The number of para-hydroxylation sites is 1. The van der Waals surface area contributed by atoms with Gasteiger partial charge in [-0.2, -0.15) is 11.3 Å². The van der Waals surface area contributed by atoms with Crippen molar-refractivity contribution in [1.82, 2.24) is 10.2 Å². The second-order valence-electron chi connectivity index (χ2n) is 8.34. The highest BCUT2D eigenvalue weighted by molar-refractivity contribution is 7.08. The molecule has 6 heteroatoms. The fraction of sp³-hybridized carbons (Fsp3) is 0.429. The second kappa shape index (κ2) is 6.77. The van der Waals surface area contributed by atoms with Crippen molar-refractivity contribution in [2.75, 3.05) is 18.4 Å². The van der Waals surface area contributed by atoms with Gasteiger partial charge in [-0.15, -0.1) is 0 Å². The second-order valence-corrected chi connectivity index (χ2v) is 9.12. The molecule has 1 atom stereocenters. The maximum absolute atomic E-state index is 12.9. The van der Waals surface area contributed by atoms with E-state index in [0.717, 1.165) is 36.6 Å². The number of fused-ring (bicyclic) bond motifs is 1. The number of carbonyl (C=O) groups excluding carboxylic acids is 1. The molecule has 1 amide bonds. The van der Waals surface area contributed by atoms with Crippen LogP contribution in [-0.4, -0.2) is 40.8 Å². The minimum atomic E-state index is -0.349. The molecule has 2 N–H and O–H groups in total. The fourth-order valence-corrected chi connectivity index (χ4v) is 4.38. The average molecular weight is 383 g/mol. The van der Waals surface area contributed by atoms with E-state index in [1.807, 2.05) is 27.8 Å². The standard InChI is InChI=1S/C21H26N4OS/c1-20(2,3)24-19-21(22-12-15-6-4-5-7-17(15)23-19)9-10-25(14-21)18(26)16-8-11-27-13-16/h4-8,11,13,22H,9-10,12,14H2,1-3H3,(H,23,24)/t21-/m0/s1. The number of carbonyl (C=O) groups is 1. The zero-order valence-electron chi connectivity index (χ0n) is 16.1. The van der Waals surface area contributed by atoms with Gasteiger partial charge >= 0.3 is 0 Å². The fourth-order valence-electron chi connectivity index (χ4n) is 3.75. The van der Waals surface area contributed by atoms with Crippen molar-refractivity contribution < 1.29 is 4.79 Å². The number of hydrogen-bond donors (Lipinski definition) is 2. The predicted octanol–water partition coefficient (Wildman–Crippen LogP) is 3.75. The first-order valence-corrected chi connectivity index (χ1v) is 10.3. The van der Waals surface area contributed by atoms with Gasteiger partial charge in [-0.25, -0.2) is 0 Å². The topological polar surface area (TPSA) is 56.7 Å². The number of benzene rings is 1. The van der Waals surface area contributed by atoms with Crippen molar-refractivity contribution in [1.29, 1.82) is 0 Å². The maximum atomic E-state index is 12.9. The molecular weight excluding hydrogens is 356 g/mol. The monoisotopic (exact) mass is 382 g/mol. The molecule has 1 fully saturated rings. The highest BCUT2D eigenvalue weighted by Crippen LogP contribution is 2.31. The average Bonchev–Trinajstić information content (AvgIpc) is 3.27. The molecule has 1 aromatic carbocycles. The van der Waals surface area contributed by atoms with Gasteiger partial charge in [0.2, 0.25) is 0 Å². The summed E-state index contributed by atoms with van der Waals surface area (Å²) in [5.74, 6) is 1.03. The van der Waals surface area contributed by atoms with Crippen LogP contribution in [0.4, 0.5) is 5.69 Å². The number of rotatable bonds is 1. The number of amidine groups is 1. The van der Waals surface area contributed by atoms with Crippen LogP contribution in [-0.2, 0) is 6.54 Å². The van der Waals surface area contributed by atoms with Crippen molar-refractivity contribution in [3.63, 3.8) is 0 Å². The van der Waals surface area contributed by atoms with Crippen LogP contribution in [0, 0.1) is 0 Å². The smallest absolute Gasteiger partial charge is 0.254 e. The van der Waals surface area contributed by atoms with Gasteiger partial charge in [0, 0.05) is 30.7 Å². The van der Waals surface area contributed by atoms with Crippen LogP contribution in [0.5, 0.6) is 0 Å². The zero-order chi connectivity index (χ0) is 19.1. The minimum Gasteiger partial charge on any atom is -0.342 e. The summed E-state index contributed by atoms with van der Waals surface area (Å²) in [5.41, 5.74) is 2.53. The van der Waals surface area contributed by atoms with Gasteiger partial charge in [0.05, 0.1) is 16.6 Å². The molecule has 2 aliphatic rings. The summed E-state index contributed by atoms with van der Waals surface area (Å²) in [4.78, 5) is 19.9. The Kier molecular flexibility index (Phi) is 4.56. The van der Waals surface area contributed by atoms with E-state index in [4.69, 9.17) is 4.99 Å². The number of anilines is 1. The van der Waals surface area contributed by atoms with Gasteiger partial charge in [-0.05, 0) is 50.3 Å². The van der Waals surface area contributed by atoms with Gasteiger partial charge in [0.15, 0.2) is 0 Å². The largest absolute Gasteiger partial charge is 0.342 e. The van der Waals surface area contributed by atoms with Crippen molar-refractivity contribution in [2.24, 2.45) is 4.99 Å². The summed E-state index contributed by atoms with van der Waals surface area (Å²) >= 11 is 1.56. The number of aliphatic imine (C=N–C) groups is 1. The van der Waals surface area contributed by atoms with Gasteiger partial charge in [0.1, 0.15) is 5.84 Å². The number of amides is 1. The van der Waals surface area contributed by atoms with Crippen LogP contribution >= 0.6 is 11.3 Å². The molecule has 0 aliphatic carbocycles. The first-order chi connectivity index (χ1) is 12.9. The molecule has 0 bridgehead atoms. The van der Waals surface area contributed by atoms with Crippen molar-refractivity contribution in [3.8, 4) is 0 Å². The van der Waals surface area contributed by atoms with Gasteiger partial charge in [-0.1, -0.05) is 18.2 Å². The van der Waals surface area contributed by atoms with E-state index in [1.54, 1.807) is 11.3 Å². The normalized spacial score (nSPS) is 24.0. The van der Waals surface area contributed by atoms with E-state index < -0.39 is 0 Å². The molecule has 2 aromatic rings. The van der Waals surface area contributed by atoms with Crippen LogP contribution < -0.4 is 10.6 Å². The summed E-state index contributed by atoms with van der Waals surface area (Å²) in [7, 11) is 0. The van der Waals surface area contributed by atoms with Crippen molar-refractivity contribution >= 4 is 28.8 Å². The van der Waals surface area contributed by atoms with Crippen molar-refractivity contribution in [3.05, 3.63) is 52.2 Å². The van der Waals surface area contributed by atoms with Crippen LogP contribution in [0.25, 0.3) is 0 Å². The van der Waals surface area contributed by atoms with Gasteiger partial charge in [0.25, 0.3) is 5.91 Å². The first kappa shape index (κ1) is 18.2. The Morgan fingerprint density at radius 3 is 2.81 bits per heavy atom. The van der Waals surface area contributed by atoms with Crippen LogP contribution in [0.15, 0.2) is 46.1 Å². The Labute approximate surface area is 164 Å². The third-order valence-corrected chi connectivity index (χ3v) is 5.80. The summed E-state index contributed by atoms with van der Waals surface area (Å²) in [5, 5.41) is 11.2. The lowest BCUT2D eigenvalue weighted by molar-refractivity contribution is 0.0786. The molecule has 3 heterocycles. The molecule has 5 nitrogen and oxygen atoms in total. The molecule has 27 heavy (non-hydrogen) atoms. The lowest BCUT2D eigenvalue weighted by Crippen LogP contribution is -2.56. The number of nitrogens with zero attached hydrogens (tertiary/aromatic N) is 2. The molecule has 142 valence electrons. The Balaban J connectivity index is 1.68. The predicted molar refractivity (Wildman–Crippen MR) is 112 cm³/mol. The van der Waals surface area contributed by atoms with Crippen LogP contribution in [0.1, 0.15) is 43.1 Å². The summed E-state index contributed by atoms with van der Waals surface area (Å²) in [6.07, 6.45) is 0.846. The highest BCUT2D eigenvalue weighted by atomic mass is 32.1. The summed E-state index contributed by atoms with van der Waals surface area (Å²) in [6, 6.07) is 10.2. The lowest BCUT2D eigenvalue weighted by atomic mass is 9.95. The Hall–Kier alpha value is -2.18. The maximum Gasteiger partial charge on any atom is 0.254 e. The Morgan fingerprint density at radius 1 is 1.26 bits per heavy atom. The van der Waals surface area contributed by atoms with E-state index in [0.29, 0.717) is 6.54 Å². The Bertz CT molecular complexity index is 869. The first-order valence-electron chi connectivity index (χ1n) is 9.38. The number of nitrogens with one attached hydrogen (secondary N) is 2. The van der Waals surface area contributed by atoms with E-state index in [1.165, 1.54) is 5.56 Å². The van der Waals surface area contributed by atoms with Gasteiger partial charge in [-0.3, -0.25) is 15.1 Å². The number of thiophene rings is 1. The van der Waals surface area contributed by atoms with E-state index in [9.17, 15) is 4.79 Å². The summed E-state index contributed by atoms with van der Waals surface area (Å²) < 4.78 is 0. The van der Waals surface area contributed by atoms with E-state index >= 15 is 0 Å². The van der Waals surface area contributed by atoms with Crippen LogP contribution in [0.3, 0.4) is 0 Å². The molecule has 0 unspecified atom stereocenters. The number of hydrogen-bond acceptors (Lipinski definition) is 4. The molecule has 1 aromatic heterocycles. The summed E-state index contributed by atoms with van der Waals surface area (Å²) in [6.45, 7) is 8.42. The molecule has 0 saturated carbocycles. The lowest BCUT2D eigenvalue weighted by Gasteiger charge is -2.32. The highest BCUT2D eigenvalue weighted by Gasteiger charge is 2.46. The number of likely N-dealkylation sites (tertiary alicyclic amines) is 1. The van der Waals surface area contributed by atoms with E-state index in [-0.39, 0.29) is 17.0 Å². The minimum absolute atomic E-state index is 0.104. The zero-order valence-corrected chi connectivity index (χ0v) is 16.9. The van der Waals surface area contributed by atoms with Gasteiger partial charge < -0.3 is 10.2 Å². The van der Waals surface area contributed by atoms with Crippen molar-refractivity contribution in [2.45, 2.75) is 44.8 Å². The molecule has 2 aliphatic heterocycles. The molecule has 1 saturated heterocycles.